The van der Waals surface area contributed by atoms with E-state index in [1.54, 1.807) is 4.68 Å². The zero-order chi connectivity index (χ0) is 15.7. The van der Waals surface area contributed by atoms with Gasteiger partial charge in [0.15, 0.2) is 6.17 Å². The number of halogens is 3. The number of fused-ring (bicyclic) bond motifs is 1. The molecule has 4 nitrogen and oxygen atoms in total. The van der Waals surface area contributed by atoms with Crippen molar-refractivity contribution in [2.75, 3.05) is 19.6 Å². The van der Waals surface area contributed by atoms with Gasteiger partial charge in [0.05, 0.1) is 11.2 Å². The Balaban J connectivity index is 2.01. The molecule has 2 aromatic rings. The molecule has 1 aromatic heterocycles. The van der Waals surface area contributed by atoms with E-state index < -0.39 is 12.6 Å². The van der Waals surface area contributed by atoms with Crippen molar-refractivity contribution >= 4 is 10.9 Å². The SMILES string of the molecule is Cc1ccc2c(CC(F)C(F)F)nn(C3CNCCN3)c2c1. The third-order valence-electron chi connectivity index (χ3n) is 3.92. The highest BCUT2D eigenvalue weighted by molar-refractivity contribution is 5.83. The van der Waals surface area contributed by atoms with Gasteiger partial charge in [-0.15, -0.1) is 0 Å². The van der Waals surface area contributed by atoms with Crippen molar-refractivity contribution in [1.29, 1.82) is 0 Å². The zero-order valence-electron chi connectivity index (χ0n) is 12.3. The number of rotatable bonds is 4. The maximum absolute atomic E-state index is 13.4. The predicted molar refractivity (Wildman–Crippen MR) is 79.0 cm³/mol. The van der Waals surface area contributed by atoms with E-state index in [9.17, 15) is 13.2 Å². The van der Waals surface area contributed by atoms with Crippen LogP contribution in [0.3, 0.4) is 0 Å². The number of alkyl halides is 3. The van der Waals surface area contributed by atoms with Gasteiger partial charge in [-0.1, -0.05) is 12.1 Å². The summed E-state index contributed by atoms with van der Waals surface area (Å²) < 4.78 is 40.2. The largest absolute Gasteiger partial charge is 0.312 e. The van der Waals surface area contributed by atoms with Gasteiger partial charge >= 0.3 is 0 Å². The molecule has 0 amide bonds. The van der Waals surface area contributed by atoms with Crippen LogP contribution in [0.25, 0.3) is 10.9 Å². The van der Waals surface area contributed by atoms with Crippen molar-refractivity contribution < 1.29 is 13.2 Å². The minimum atomic E-state index is -2.99. The van der Waals surface area contributed by atoms with Crippen LogP contribution in [0.5, 0.6) is 0 Å². The molecule has 1 aliphatic heterocycles. The van der Waals surface area contributed by atoms with Crippen molar-refractivity contribution in [3.8, 4) is 0 Å². The minimum Gasteiger partial charge on any atom is -0.312 e. The molecule has 2 atom stereocenters. The van der Waals surface area contributed by atoms with Gasteiger partial charge in [0.2, 0.25) is 0 Å². The third kappa shape index (κ3) is 2.96. The second kappa shape index (κ2) is 6.26. The third-order valence-corrected chi connectivity index (χ3v) is 3.92. The Labute approximate surface area is 126 Å². The van der Waals surface area contributed by atoms with Gasteiger partial charge in [0.1, 0.15) is 6.17 Å². The van der Waals surface area contributed by atoms with E-state index >= 15 is 0 Å². The first kappa shape index (κ1) is 15.3. The van der Waals surface area contributed by atoms with Crippen LogP contribution in [0.2, 0.25) is 0 Å². The van der Waals surface area contributed by atoms with Crippen LogP contribution in [0.15, 0.2) is 18.2 Å². The molecule has 0 spiro atoms. The topological polar surface area (TPSA) is 41.9 Å². The smallest absolute Gasteiger partial charge is 0.269 e. The molecular weight excluding hydrogens is 293 g/mol. The molecule has 2 unspecified atom stereocenters. The van der Waals surface area contributed by atoms with E-state index in [1.807, 2.05) is 25.1 Å². The van der Waals surface area contributed by atoms with E-state index in [0.717, 1.165) is 29.6 Å². The second-order valence-corrected chi connectivity index (χ2v) is 5.64. The number of nitrogens with zero attached hydrogens (tertiary/aromatic N) is 2. The number of nitrogens with one attached hydrogen (secondary N) is 2. The van der Waals surface area contributed by atoms with Crippen LogP contribution in [0.1, 0.15) is 17.4 Å². The molecule has 0 bridgehead atoms. The van der Waals surface area contributed by atoms with E-state index in [0.29, 0.717) is 12.2 Å². The summed E-state index contributed by atoms with van der Waals surface area (Å²) >= 11 is 0. The number of hydrogen-bond acceptors (Lipinski definition) is 3. The fraction of sp³-hybridized carbons (Fsp3) is 0.533. The predicted octanol–water partition coefficient (Wildman–Crippen LogP) is 2.18. The molecule has 1 aromatic carbocycles. The Morgan fingerprint density at radius 1 is 1.32 bits per heavy atom. The molecule has 1 fully saturated rings. The summed E-state index contributed by atoms with van der Waals surface area (Å²) in [6, 6.07) is 5.68. The number of aromatic nitrogens is 2. The van der Waals surface area contributed by atoms with E-state index in [4.69, 9.17) is 0 Å². The lowest BCUT2D eigenvalue weighted by Crippen LogP contribution is -2.45. The standard InChI is InChI=1S/C15H19F3N4/c1-9-2-3-10-12(7-11(16)15(17)18)21-22(13(10)6-9)14-8-19-4-5-20-14/h2-3,6,11,14-15,19-20H,4-5,7-8H2,1H3. The molecular formula is C15H19F3N4. The number of hydrogen-bond donors (Lipinski definition) is 2. The highest BCUT2D eigenvalue weighted by Gasteiger charge is 2.25. The Kier molecular flexibility index (Phi) is 4.35. The quantitative estimate of drug-likeness (QED) is 0.909. The highest BCUT2D eigenvalue weighted by Crippen LogP contribution is 2.25. The minimum absolute atomic E-state index is 0.0589. The lowest BCUT2D eigenvalue weighted by molar-refractivity contribution is 0.0498. The first-order chi connectivity index (χ1) is 10.6. The van der Waals surface area contributed by atoms with Gasteiger partial charge in [-0.3, -0.25) is 5.32 Å². The molecule has 120 valence electrons. The van der Waals surface area contributed by atoms with Crippen LogP contribution in [-0.4, -0.2) is 42.0 Å². The van der Waals surface area contributed by atoms with Gasteiger partial charge in [-0.05, 0) is 18.6 Å². The normalized spacial score (nSPS) is 20.7. The summed E-state index contributed by atoms with van der Waals surface area (Å²) in [5.41, 5.74) is 2.28. The summed E-state index contributed by atoms with van der Waals surface area (Å²) in [5.74, 6) is 0. The summed E-state index contributed by atoms with van der Waals surface area (Å²) in [4.78, 5) is 0. The fourth-order valence-electron chi connectivity index (χ4n) is 2.79. The Hall–Kier alpha value is -1.60. The molecule has 22 heavy (non-hydrogen) atoms. The number of benzene rings is 1. The molecule has 3 rings (SSSR count). The molecule has 0 saturated carbocycles. The summed E-state index contributed by atoms with van der Waals surface area (Å²) in [7, 11) is 0. The maximum Gasteiger partial charge on any atom is 0.269 e. The summed E-state index contributed by atoms with van der Waals surface area (Å²) in [5, 5.41) is 11.8. The lowest BCUT2D eigenvalue weighted by atomic mass is 10.1. The average Bonchev–Trinajstić information content (AvgIpc) is 2.86. The van der Waals surface area contributed by atoms with Gasteiger partial charge < -0.3 is 5.32 Å². The Morgan fingerprint density at radius 3 is 2.82 bits per heavy atom. The molecule has 1 aliphatic rings. The Morgan fingerprint density at radius 2 is 2.14 bits per heavy atom. The van der Waals surface area contributed by atoms with Crippen LogP contribution in [0.4, 0.5) is 13.2 Å². The fourth-order valence-corrected chi connectivity index (χ4v) is 2.79. The summed E-state index contributed by atoms with van der Waals surface area (Å²) in [6.07, 6.45) is -5.61. The molecule has 0 aliphatic carbocycles. The van der Waals surface area contributed by atoms with Crippen molar-refractivity contribution in [3.63, 3.8) is 0 Å². The maximum atomic E-state index is 13.4. The van der Waals surface area contributed by atoms with E-state index in [1.165, 1.54) is 0 Å². The van der Waals surface area contributed by atoms with Gasteiger partial charge in [-0.25, -0.2) is 17.9 Å². The highest BCUT2D eigenvalue weighted by atomic mass is 19.3. The molecule has 0 radical (unpaired) electrons. The van der Waals surface area contributed by atoms with E-state index in [2.05, 4.69) is 15.7 Å². The molecule has 1 saturated heterocycles. The monoisotopic (exact) mass is 312 g/mol. The molecule has 2 N–H and O–H groups in total. The van der Waals surface area contributed by atoms with Gasteiger partial charge in [0.25, 0.3) is 6.43 Å². The van der Waals surface area contributed by atoms with Gasteiger partial charge in [0, 0.05) is 31.4 Å². The first-order valence-corrected chi connectivity index (χ1v) is 7.40. The van der Waals surface area contributed by atoms with Gasteiger partial charge in [-0.2, -0.15) is 5.10 Å². The van der Waals surface area contributed by atoms with Crippen molar-refractivity contribution in [3.05, 3.63) is 29.5 Å². The van der Waals surface area contributed by atoms with Crippen molar-refractivity contribution in [2.24, 2.45) is 0 Å². The van der Waals surface area contributed by atoms with Crippen LogP contribution in [0, 0.1) is 6.92 Å². The molecule has 2 heterocycles. The number of piperazine rings is 1. The van der Waals surface area contributed by atoms with Crippen LogP contribution >= 0.6 is 0 Å². The zero-order valence-corrected chi connectivity index (χ0v) is 12.3. The molecule has 7 heteroatoms. The summed E-state index contributed by atoms with van der Waals surface area (Å²) in [6.45, 7) is 4.33. The lowest BCUT2D eigenvalue weighted by Gasteiger charge is -2.25. The van der Waals surface area contributed by atoms with E-state index in [-0.39, 0.29) is 12.6 Å². The van der Waals surface area contributed by atoms with Crippen LogP contribution in [-0.2, 0) is 6.42 Å². The number of aryl methyl sites for hydroxylation is 1. The Bertz CT molecular complexity index is 650. The average molecular weight is 312 g/mol. The first-order valence-electron chi connectivity index (χ1n) is 7.40. The van der Waals surface area contributed by atoms with Crippen LogP contribution < -0.4 is 10.6 Å². The van der Waals surface area contributed by atoms with Crippen molar-refractivity contribution in [1.82, 2.24) is 20.4 Å². The second-order valence-electron chi connectivity index (χ2n) is 5.64. The van der Waals surface area contributed by atoms with Crippen molar-refractivity contribution in [2.45, 2.75) is 32.1 Å².